The van der Waals surface area contributed by atoms with Crippen LogP contribution in [0.3, 0.4) is 0 Å². The Balaban J connectivity index is 1.44. The Hall–Kier alpha value is -4.64. The summed E-state index contributed by atoms with van der Waals surface area (Å²) in [5, 5.41) is 13.8. The first-order valence-corrected chi connectivity index (χ1v) is 13.2. The molecule has 2 aromatic carbocycles. The molecule has 1 unspecified atom stereocenters. The molecule has 41 heavy (non-hydrogen) atoms. The van der Waals surface area contributed by atoms with Gasteiger partial charge in [0.05, 0.1) is 28.3 Å². The van der Waals surface area contributed by atoms with Crippen molar-refractivity contribution in [3.8, 4) is 28.1 Å². The SMILES string of the molecule is O=C1CCCCC(c2ccc(-c3c(-n4cnnn4)ccc(Cl)c3F)cn2)c2cc(ncc2F)-c2cc(F)ccc2N1. The Bertz CT molecular complexity index is 1750. The van der Waals surface area contributed by atoms with Gasteiger partial charge >= 0.3 is 0 Å². The highest BCUT2D eigenvalue weighted by molar-refractivity contribution is 6.31. The van der Waals surface area contributed by atoms with Crippen LogP contribution in [0.15, 0.2) is 67.3 Å². The van der Waals surface area contributed by atoms with Crippen molar-refractivity contribution in [3.05, 3.63) is 101 Å². The predicted octanol–water partition coefficient (Wildman–Crippen LogP) is 6.50. The maximum absolute atomic E-state index is 15.3. The summed E-state index contributed by atoms with van der Waals surface area (Å²) in [5.41, 5.74) is 2.86. The van der Waals surface area contributed by atoms with Gasteiger partial charge in [-0.15, -0.1) is 5.10 Å². The molecule has 0 radical (unpaired) electrons. The summed E-state index contributed by atoms with van der Waals surface area (Å²) >= 11 is 6.09. The third-order valence-corrected chi connectivity index (χ3v) is 7.33. The molecular formula is C29H21ClF3N7O. The summed E-state index contributed by atoms with van der Waals surface area (Å²) in [6.07, 6.45) is 5.82. The molecule has 1 atom stereocenters. The van der Waals surface area contributed by atoms with Gasteiger partial charge in [0.1, 0.15) is 18.0 Å². The van der Waals surface area contributed by atoms with Gasteiger partial charge in [0.2, 0.25) is 5.91 Å². The standard InChI is InChI=1S/C29H21ClF3N7O/c30-21-7-10-26(40-15-36-38-39-40)28(29(21)33)16-5-8-23(34-13-16)18-3-1-2-4-27(41)37-24-9-6-17(31)11-20(24)25-12-19(18)22(32)14-35-25/h5-15,18H,1-4H2,(H,37,41). The molecule has 1 amide bonds. The molecule has 6 rings (SSSR count). The third kappa shape index (κ3) is 5.28. The first-order valence-electron chi connectivity index (χ1n) is 12.8. The summed E-state index contributed by atoms with van der Waals surface area (Å²) in [4.78, 5) is 21.4. The number of nitrogens with zero attached hydrogens (tertiary/aromatic N) is 6. The number of fused-ring (bicyclic) bond motifs is 4. The van der Waals surface area contributed by atoms with Crippen LogP contribution in [-0.4, -0.2) is 36.1 Å². The highest BCUT2D eigenvalue weighted by Gasteiger charge is 2.24. The van der Waals surface area contributed by atoms with Crippen LogP contribution >= 0.6 is 11.6 Å². The molecule has 1 aliphatic rings. The molecule has 1 aliphatic heterocycles. The fraction of sp³-hybridized carbons (Fsp3) is 0.172. The van der Waals surface area contributed by atoms with Crippen molar-refractivity contribution in [3.63, 3.8) is 0 Å². The Labute approximate surface area is 237 Å². The number of hydrogen-bond acceptors (Lipinski definition) is 6. The van der Waals surface area contributed by atoms with E-state index < -0.39 is 23.4 Å². The lowest BCUT2D eigenvalue weighted by Gasteiger charge is -2.21. The number of tetrazole rings is 1. The monoisotopic (exact) mass is 575 g/mol. The minimum absolute atomic E-state index is 0.0765. The first kappa shape index (κ1) is 26.6. The summed E-state index contributed by atoms with van der Waals surface area (Å²) < 4.78 is 46.1. The number of benzene rings is 2. The molecule has 0 fully saturated rings. The van der Waals surface area contributed by atoms with Gasteiger partial charge in [0.15, 0.2) is 5.82 Å². The van der Waals surface area contributed by atoms with Crippen molar-refractivity contribution in [1.82, 2.24) is 30.2 Å². The van der Waals surface area contributed by atoms with Crippen molar-refractivity contribution in [2.75, 3.05) is 5.32 Å². The van der Waals surface area contributed by atoms with Crippen LogP contribution in [0.25, 0.3) is 28.1 Å². The molecule has 8 nitrogen and oxygen atoms in total. The first-order chi connectivity index (χ1) is 19.9. The van der Waals surface area contributed by atoms with Crippen molar-refractivity contribution in [1.29, 1.82) is 0 Å². The van der Waals surface area contributed by atoms with Gasteiger partial charge in [-0.1, -0.05) is 24.1 Å². The second kappa shape index (κ2) is 11.1. The van der Waals surface area contributed by atoms with Gasteiger partial charge in [-0.3, -0.25) is 14.8 Å². The minimum Gasteiger partial charge on any atom is -0.325 e. The number of halogens is 4. The van der Waals surface area contributed by atoms with Crippen LogP contribution in [0, 0.1) is 17.5 Å². The van der Waals surface area contributed by atoms with Gasteiger partial charge in [0.25, 0.3) is 0 Å². The van der Waals surface area contributed by atoms with E-state index in [1.54, 1.807) is 24.3 Å². The van der Waals surface area contributed by atoms with Crippen molar-refractivity contribution in [2.24, 2.45) is 0 Å². The number of carbonyl (C=O) groups is 1. The van der Waals surface area contributed by atoms with Gasteiger partial charge in [-0.25, -0.2) is 13.2 Å². The Kier molecular flexibility index (Phi) is 7.19. The van der Waals surface area contributed by atoms with E-state index >= 15 is 8.78 Å². The van der Waals surface area contributed by atoms with E-state index in [-0.39, 0.29) is 22.9 Å². The highest BCUT2D eigenvalue weighted by Crippen LogP contribution is 2.37. The molecule has 1 N–H and O–H groups in total. The molecule has 0 saturated heterocycles. The van der Waals surface area contributed by atoms with Crippen LogP contribution in [0.2, 0.25) is 5.02 Å². The summed E-state index contributed by atoms with van der Waals surface area (Å²) in [6.45, 7) is 0. The Morgan fingerprint density at radius 2 is 1.85 bits per heavy atom. The molecule has 0 saturated carbocycles. The second-order valence-electron chi connectivity index (χ2n) is 9.61. The van der Waals surface area contributed by atoms with Gasteiger partial charge in [-0.2, -0.15) is 4.68 Å². The minimum atomic E-state index is -0.658. The average molecular weight is 576 g/mol. The van der Waals surface area contributed by atoms with Crippen molar-refractivity contribution >= 4 is 23.2 Å². The van der Waals surface area contributed by atoms with E-state index in [4.69, 9.17) is 11.6 Å². The van der Waals surface area contributed by atoms with E-state index in [2.05, 4.69) is 30.8 Å². The number of aromatic nitrogens is 6. The number of anilines is 1. The maximum Gasteiger partial charge on any atom is 0.224 e. The molecule has 12 heteroatoms. The van der Waals surface area contributed by atoms with Crippen LogP contribution in [0.5, 0.6) is 0 Å². The zero-order valence-electron chi connectivity index (χ0n) is 21.4. The molecule has 3 aromatic heterocycles. The summed E-state index contributed by atoms with van der Waals surface area (Å²) in [7, 11) is 0. The van der Waals surface area contributed by atoms with Crippen molar-refractivity contribution < 1.29 is 18.0 Å². The lowest BCUT2D eigenvalue weighted by Crippen LogP contribution is -2.14. The molecule has 0 aliphatic carbocycles. The number of carbonyl (C=O) groups excluding carboxylic acids is 1. The molecule has 0 spiro atoms. The van der Waals surface area contributed by atoms with E-state index in [1.807, 2.05) is 0 Å². The molecule has 2 bridgehead atoms. The maximum atomic E-state index is 15.3. The summed E-state index contributed by atoms with van der Waals surface area (Å²) in [6, 6.07) is 11.9. The fourth-order valence-corrected chi connectivity index (χ4v) is 5.21. The average Bonchev–Trinajstić information content (AvgIpc) is 3.51. The lowest BCUT2D eigenvalue weighted by atomic mass is 9.88. The quantitative estimate of drug-likeness (QED) is 0.264. The second-order valence-corrected chi connectivity index (χ2v) is 10.0. The molecule has 206 valence electrons. The molecule has 5 aromatic rings. The van der Waals surface area contributed by atoms with Gasteiger partial charge < -0.3 is 5.32 Å². The van der Waals surface area contributed by atoms with Gasteiger partial charge in [0, 0.05) is 46.5 Å². The number of nitrogens with one attached hydrogen (secondary N) is 1. The molecular weight excluding hydrogens is 555 g/mol. The zero-order valence-corrected chi connectivity index (χ0v) is 22.1. The van der Waals surface area contributed by atoms with E-state index in [0.29, 0.717) is 58.7 Å². The summed E-state index contributed by atoms with van der Waals surface area (Å²) in [5.74, 6) is -2.42. The Morgan fingerprint density at radius 3 is 2.63 bits per heavy atom. The lowest BCUT2D eigenvalue weighted by molar-refractivity contribution is -0.116. The number of rotatable bonds is 3. The number of pyridine rings is 2. The predicted molar refractivity (Wildman–Crippen MR) is 146 cm³/mol. The molecule has 4 heterocycles. The third-order valence-electron chi connectivity index (χ3n) is 7.04. The topological polar surface area (TPSA) is 98.5 Å². The fourth-order valence-electron chi connectivity index (χ4n) is 5.05. The van der Waals surface area contributed by atoms with Crippen LogP contribution in [-0.2, 0) is 4.79 Å². The normalized spacial score (nSPS) is 15.4. The van der Waals surface area contributed by atoms with Crippen LogP contribution in [0.4, 0.5) is 18.9 Å². The smallest absolute Gasteiger partial charge is 0.224 e. The largest absolute Gasteiger partial charge is 0.325 e. The van der Waals surface area contributed by atoms with Crippen LogP contribution in [0.1, 0.15) is 42.9 Å². The number of hydrogen-bond donors (Lipinski definition) is 1. The van der Waals surface area contributed by atoms with E-state index in [9.17, 15) is 9.18 Å². The number of amides is 1. The van der Waals surface area contributed by atoms with Crippen LogP contribution < -0.4 is 5.32 Å². The van der Waals surface area contributed by atoms with Gasteiger partial charge in [-0.05, 0) is 65.7 Å². The van der Waals surface area contributed by atoms with Crippen molar-refractivity contribution in [2.45, 2.75) is 31.6 Å². The highest BCUT2D eigenvalue weighted by atomic mass is 35.5. The zero-order chi connectivity index (χ0) is 28.5. The Morgan fingerprint density at radius 1 is 0.976 bits per heavy atom. The van der Waals surface area contributed by atoms with E-state index in [1.165, 1.54) is 41.5 Å². The van der Waals surface area contributed by atoms with E-state index in [0.717, 1.165) is 6.20 Å².